The standard InChI is InChI=1S/C10H15N5O/c1-16-7-6-12-4-5-13-10-9(8-11)2-3-14-15-10/h2-3,12H,4-7H2,1H3,(H,13,15). The van der Waals surface area contributed by atoms with Crippen molar-refractivity contribution in [1.29, 1.82) is 5.26 Å². The third-order valence-corrected chi connectivity index (χ3v) is 1.92. The van der Waals surface area contributed by atoms with Gasteiger partial charge >= 0.3 is 0 Å². The van der Waals surface area contributed by atoms with Crippen molar-refractivity contribution in [3.63, 3.8) is 0 Å². The Bertz CT molecular complexity index is 349. The molecule has 0 bridgehead atoms. The lowest BCUT2D eigenvalue weighted by Crippen LogP contribution is -2.25. The minimum absolute atomic E-state index is 0.506. The second-order valence-electron chi connectivity index (χ2n) is 3.07. The van der Waals surface area contributed by atoms with E-state index in [2.05, 4.69) is 26.9 Å². The predicted molar refractivity (Wildman–Crippen MR) is 60.0 cm³/mol. The van der Waals surface area contributed by atoms with Gasteiger partial charge in [0.2, 0.25) is 0 Å². The van der Waals surface area contributed by atoms with Gasteiger partial charge in [0, 0.05) is 26.7 Å². The minimum atomic E-state index is 0.506. The summed E-state index contributed by atoms with van der Waals surface area (Å²) in [5.74, 6) is 0.526. The van der Waals surface area contributed by atoms with E-state index in [1.54, 1.807) is 13.2 Å². The van der Waals surface area contributed by atoms with Crippen LogP contribution in [-0.2, 0) is 4.74 Å². The summed E-state index contributed by atoms with van der Waals surface area (Å²) in [6, 6.07) is 3.68. The summed E-state index contributed by atoms with van der Waals surface area (Å²) in [5.41, 5.74) is 0.506. The first-order valence-electron chi connectivity index (χ1n) is 5.04. The van der Waals surface area contributed by atoms with E-state index >= 15 is 0 Å². The first kappa shape index (κ1) is 12.4. The Morgan fingerprint density at radius 3 is 3.06 bits per heavy atom. The highest BCUT2D eigenvalue weighted by molar-refractivity contribution is 5.49. The predicted octanol–water partition coefficient (Wildman–Crippen LogP) is -0.00382. The van der Waals surface area contributed by atoms with Crippen molar-refractivity contribution >= 4 is 5.82 Å². The number of ether oxygens (including phenoxy) is 1. The van der Waals surface area contributed by atoms with Crippen LogP contribution in [-0.4, -0.2) is 43.5 Å². The van der Waals surface area contributed by atoms with Gasteiger partial charge in [-0.2, -0.15) is 10.4 Å². The van der Waals surface area contributed by atoms with Gasteiger partial charge in [0.1, 0.15) is 6.07 Å². The summed E-state index contributed by atoms with van der Waals surface area (Å²) >= 11 is 0. The van der Waals surface area contributed by atoms with Gasteiger partial charge in [0.05, 0.1) is 18.4 Å². The molecule has 0 unspecified atom stereocenters. The Hall–Kier alpha value is -1.71. The molecule has 0 atom stereocenters. The molecule has 1 heterocycles. The smallest absolute Gasteiger partial charge is 0.166 e. The molecule has 1 aromatic rings. The zero-order chi connectivity index (χ0) is 11.6. The van der Waals surface area contributed by atoms with Gasteiger partial charge in [-0.05, 0) is 6.07 Å². The first-order chi connectivity index (χ1) is 7.88. The SMILES string of the molecule is COCCNCCNc1nnccc1C#N. The second kappa shape index (κ2) is 7.56. The summed E-state index contributed by atoms with van der Waals surface area (Å²) in [4.78, 5) is 0. The third-order valence-electron chi connectivity index (χ3n) is 1.92. The lowest BCUT2D eigenvalue weighted by atomic mass is 10.3. The summed E-state index contributed by atoms with van der Waals surface area (Å²) < 4.78 is 4.89. The number of hydrogen-bond acceptors (Lipinski definition) is 6. The highest BCUT2D eigenvalue weighted by Crippen LogP contribution is 2.06. The van der Waals surface area contributed by atoms with Crippen LogP contribution >= 0.6 is 0 Å². The molecule has 0 amide bonds. The first-order valence-corrected chi connectivity index (χ1v) is 5.04. The molecular formula is C10H15N5O. The summed E-state index contributed by atoms with van der Waals surface area (Å²) in [6.45, 7) is 2.97. The van der Waals surface area contributed by atoms with E-state index < -0.39 is 0 Å². The minimum Gasteiger partial charge on any atom is -0.383 e. The van der Waals surface area contributed by atoms with Crippen LogP contribution in [0.1, 0.15) is 5.56 Å². The molecule has 6 nitrogen and oxygen atoms in total. The Kier molecular flexibility index (Phi) is 5.84. The summed E-state index contributed by atoms with van der Waals surface area (Å²) in [6.07, 6.45) is 1.50. The quantitative estimate of drug-likeness (QED) is 0.630. The Morgan fingerprint density at radius 2 is 2.31 bits per heavy atom. The number of methoxy groups -OCH3 is 1. The number of nitrogens with one attached hydrogen (secondary N) is 2. The number of nitriles is 1. The maximum absolute atomic E-state index is 8.80. The topological polar surface area (TPSA) is 82.9 Å². The number of nitrogens with zero attached hydrogens (tertiary/aromatic N) is 3. The van der Waals surface area contributed by atoms with Crippen molar-refractivity contribution in [2.24, 2.45) is 0 Å². The van der Waals surface area contributed by atoms with Gasteiger partial charge < -0.3 is 15.4 Å². The van der Waals surface area contributed by atoms with Crippen LogP contribution in [0.4, 0.5) is 5.82 Å². The largest absolute Gasteiger partial charge is 0.383 e. The average Bonchev–Trinajstić information content (AvgIpc) is 2.34. The molecule has 0 aliphatic heterocycles. The fourth-order valence-electron chi connectivity index (χ4n) is 1.12. The molecule has 0 fully saturated rings. The molecule has 16 heavy (non-hydrogen) atoms. The fourth-order valence-corrected chi connectivity index (χ4v) is 1.12. The van der Waals surface area contributed by atoms with E-state index in [9.17, 15) is 0 Å². The summed E-state index contributed by atoms with van der Waals surface area (Å²) in [7, 11) is 1.67. The normalized spacial score (nSPS) is 9.75. The van der Waals surface area contributed by atoms with E-state index in [1.807, 2.05) is 0 Å². The van der Waals surface area contributed by atoms with Gasteiger partial charge in [0.25, 0.3) is 0 Å². The van der Waals surface area contributed by atoms with Gasteiger partial charge in [-0.1, -0.05) is 0 Å². The lowest BCUT2D eigenvalue weighted by Gasteiger charge is -2.06. The van der Waals surface area contributed by atoms with Crippen LogP contribution in [0.25, 0.3) is 0 Å². The number of rotatable bonds is 7. The second-order valence-corrected chi connectivity index (χ2v) is 3.07. The number of hydrogen-bond donors (Lipinski definition) is 2. The Morgan fingerprint density at radius 1 is 1.44 bits per heavy atom. The van der Waals surface area contributed by atoms with Gasteiger partial charge in [-0.3, -0.25) is 0 Å². The molecule has 2 N–H and O–H groups in total. The van der Waals surface area contributed by atoms with Gasteiger partial charge in [-0.25, -0.2) is 0 Å². The Labute approximate surface area is 94.6 Å². The van der Waals surface area contributed by atoms with Crippen molar-refractivity contribution in [2.45, 2.75) is 0 Å². The van der Waals surface area contributed by atoms with Crippen molar-refractivity contribution in [3.8, 4) is 6.07 Å². The zero-order valence-electron chi connectivity index (χ0n) is 9.23. The van der Waals surface area contributed by atoms with Crippen molar-refractivity contribution < 1.29 is 4.74 Å². The maximum atomic E-state index is 8.80. The molecule has 0 saturated heterocycles. The average molecular weight is 221 g/mol. The molecule has 0 aliphatic rings. The van der Waals surface area contributed by atoms with Crippen molar-refractivity contribution in [1.82, 2.24) is 15.5 Å². The van der Waals surface area contributed by atoms with Crippen molar-refractivity contribution in [2.75, 3.05) is 38.7 Å². The lowest BCUT2D eigenvalue weighted by molar-refractivity contribution is 0.200. The number of anilines is 1. The van der Waals surface area contributed by atoms with Crippen LogP contribution in [0, 0.1) is 11.3 Å². The third kappa shape index (κ3) is 4.21. The molecule has 86 valence electrons. The van der Waals surface area contributed by atoms with Gasteiger partial charge in [0.15, 0.2) is 5.82 Å². The molecular weight excluding hydrogens is 206 g/mol. The van der Waals surface area contributed by atoms with E-state index in [1.165, 1.54) is 6.20 Å². The molecule has 1 aromatic heterocycles. The van der Waals surface area contributed by atoms with Crippen LogP contribution in [0.5, 0.6) is 0 Å². The maximum Gasteiger partial charge on any atom is 0.166 e. The molecule has 1 rings (SSSR count). The van der Waals surface area contributed by atoms with E-state index in [0.717, 1.165) is 13.1 Å². The molecule has 6 heteroatoms. The van der Waals surface area contributed by atoms with Crippen molar-refractivity contribution in [3.05, 3.63) is 17.8 Å². The van der Waals surface area contributed by atoms with Crippen LogP contribution in [0.15, 0.2) is 12.3 Å². The highest BCUT2D eigenvalue weighted by Gasteiger charge is 2.01. The molecule has 0 aliphatic carbocycles. The van der Waals surface area contributed by atoms with E-state index in [4.69, 9.17) is 10.00 Å². The molecule has 0 spiro atoms. The van der Waals surface area contributed by atoms with Crippen LogP contribution < -0.4 is 10.6 Å². The fraction of sp³-hybridized carbons (Fsp3) is 0.500. The van der Waals surface area contributed by atoms with E-state index in [0.29, 0.717) is 24.5 Å². The molecule has 0 saturated carbocycles. The van der Waals surface area contributed by atoms with E-state index in [-0.39, 0.29) is 0 Å². The highest BCUT2D eigenvalue weighted by atomic mass is 16.5. The zero-order valence-corrected chi connectivity index (χ0v) is 9.23. The van der Waals surface area contributed by atoms with Crippen LogP contribution in [0.2, 0.25) is 0 Å². The summed E-state index contributed by atoms with van der Waals surface area (Å²) in [5, 5.41) is 22.6. The number of aromatic nitrogens is 2. The molecule has 0 aromatic carbocycles. The molecule has 0 radical (unpaired) electrons. The Balaban J connectivity index is 2.24. The van der Waals surface area contributed by atoms with Gasteiger partial charge in [-0.15, -0.1) is 5.10 Å². The van der Waals surface area contributed by atoms with Crippen LogP contribution in [0.3, 0.4) is 0 Å². The monoisotopic (exact) mass is 221 g/mol.